The number of carbonyl (C=O) groups is 4. The highest BCUT2D eigenvalue weighted by Crippen LogP contribution is 2.12. The van der Waals surface area contributed by atoms with E-state index in [-0.39, 0.29) is 54.4 Å². The second-order valence-corrected chi connectivity index (χ2v) is 10.9. The molecule has 47 heavy (non-hydrogen) atoms. The zero-order valence-electron chi connectivity index (χ0n) is 26.1. The average molecular weight is 653 g/mol. The number of nitrogens with one attached hydrogen (secondary N) is 5. The van der Waals surface area contributed by atoms with Crippen LogP contribution in [0.25, 0.3) is 11.2 Å². The van der Waals surface area contributed by atoms with Gasteiger partial charge in [0.15, 0.2) is 17.1 Å². The predicted molar refractivity (Wildman–Crippen MR) is 174 cm³/mol. The third-order valence-corrected chi connectivity index (χ3v) is 6.80. The third-order valence-electron chi connectivity index (χ3n) is 6.80. The number of benzene rings is 1. The van der Waals surface area contributed by atoms with E-state index in [1.165, 1.54) is 6.20 Å². The van der Waals surface area contributed by atoms with E-state index >= 15 is 0 Å². The van der Waals surface area contributed by atoms with Gasteiger partial charge in [0.1, 0.15) is 6.04 Å². The molecule has 2 heterocycles. The molecule has 0 saturated heterocycles. The maximum Gasteiger partial charge on any atom is 0.305 e. The van der Waals surface area contributed by atoms with E-state index in [1.807, 2.05) is 0 Å². The van der Waals surface area contributed by atoms with Gasteiger partial charge in [0.2, 0.25) is 17.8 Å². The van der Waals surface area contributed by atoms with Gasteiger partial charge in [-0.1, -0.05) is 0 Å². The molecule has 0 aliphatic heterocycles. The average Bonchev–Trinajstić information content (AvgIpc) is 3.00. The number of aromatic amines is 1. The number of nitrogens with two attached hydrogens (primary N) is 3. The van der Waals surface area contributed by atoms with Gasteiger partial charge in [-0.25, -0.2) is 9.97 Å². The van der Waals surface area contributed by atoms with Crippen LogP contribution in [0.3, 0.4) is 0 Å². The first-order valence-corrected chi connectivity index (χ1v) is 14.8. The number of guanidine groups is 1. The van der Waals surface area contributed by atoms with Crippen molar-refractivity contribution in [3.8, 4) is 0 Å². The number of carboxylic acids is 1. The Kier molecular flexibility index (Phi) is 12.9. The number of carbonyl (C=O) groups excluding carboxylic acids is 3. The summed E-state index contributed by atoms with van der Waals surface area (Å²) < 4.78 is 0. The molecule has 0 aliphatic carbocycles. The minimum absolute atomic E-state index is 0.0282. The van der Waals surface area contributed by atoms with Crippen molar-refractivity contribution in [2.45, 2.75) is 70.6 Å². The Bertz CT molecular complexity index is 1660. The summed E-state index contributed by atoms with van der Waals surface area (Å²) in [7, 11) is 0. The van der Waals surface area contributed by atoms with Gasteiger partial charge in [0.25, 0.3) is 11.5 Å². The summed E-state index contributed by atoms with van der Waals surface area (Å²) in [6.07, 6.45) is 2.24. The molecular formula is C29H40N12O6. The van der Waals surface area contributed by atoms with Crippen LogP contribution in [-0.4, -0.2) is 79.4 Å². The number of carboxylic acid groups (broad SMARTS) is 1. The second-order valence-electron chi connectivity index (χ2n) is 10.9. The number of nitrogen functional groups attached to an aromatic ring is 1. The summed E-state index contributed by atoms with van der Waals surface area (Å²) in [5, 5.41) is 20.4. The third kappa shape index (κ3) is 11.9. The molecule has 0 spiro atoms. The van der Waals surface area contributed by atoms with Gasteiger partial charge >= 0.3 is 5.97 Å². The highest BCUT2D eigenvalue weighted by atomic mass is 16.4. The molecule has 0 unspecified atom stereocenters. The second kappa shape index (κ2) is 17.0. The minimum atomic E-state index is -1.26. The number of nitrogens with zero attached hydrogens (tertiary/aromatic N) is 4. The summed E-state index contributed by atoms with van der Waals surface area (Å²) in [6.45, 7) is 4.12. The van der Waals surface area contributed by atoms with Gasteiger partial charge in [-0.3, -0.25) is 33.9 Å². The van der Waals surface area contributed by atoms with E-state index in [4.69, 9.17) is 17.2 Å². The lowest BCUT2D eigenvalue weighted by Crippen LogP contribution is -2.50. The number of aromatic nitrogens is 4. The number of anilines is 2. The Morgan fingerprint density at radius 3 is 2.38 bits per heavy atom. The molecule has 1 aromatic carbocycles. The van der Waals surface area contributed by atoms with Crippen molar-refractivity contribution in [2.75, 3.05) is 17.6 Å². The quantitative estimate of drug-likeness (QED) is 0.0497. The molecule has 0 radical (unpaired) electrons. The Labute approximate surface area is 269 Å². The summed E-state index contributed by atoms with van der Waals surface area (Å²) in [5.41, 5.74) is 17.4. The van der Waals surface area contributed by atoms with Crippen molar-refractivity contribution in [3.05, 3.63) is 52.1 Å². The summed E-state index contributed by atoms with van der Waals surface area (Å²) in [4.78, 5) is 80.0. The number of rotatable bonds is 17. The van der Waals surface area contributed by atoms with Crippen LogP contribution in [0.15, 0.2) is 40.2 Å². The van der Waals surface area contributed by atoms with Crippen LogP contribution in [0.5, 0.6) is 0 Å². The molecule has 0 saturated carbocycles. The normalized spacial score (nSPS) is 12.7. The highest BCUT2D eigenvalue weighted by Gasteiger charge is 2.25. The highest BCUT2D eigenvalue weighted by molar-refractivity contribution is 5.95. The molecule has 3 atom stereocenters. The van der Waals surface area contributed by atoms with Crippen molar-refractivity contribution < 1.29 is 24.3 Å². The van der Waals surface area contributed by atoms with Crippen molar-refractivity contribution >= 4 is 52.5 Å². The maximum absolute atomic E-state index is 12.8. The number of aliphatic imine (C=N–C) groups is 1. The number of H-pyrrole nitrogens is 1. The van der Waals surface area contributed by atoms with Gasteiger partial charge < -0.3 is 43.6 Å². The number of hydrogen-bond donors (Lipinski definition) is 9. The Morgan fingerprint density at radius 1 is 1.00 bits per heavy atom. The van der Waals surface area contributed by atoms with Crippen LogP contribution >= 0.6 is 0 Å². The van der Waals surface area contributed by atoms with E-state index < -0.39 is 41.8 Å². The first-order chi connectivity index (χ1) is 22.3. The van der Waals surface area contributed by atoms with Gasteiger partial charge in [-0.15, -0.1) is 0 Å². The van der Waals surface area contributed by atoms with Gasteiger partial charge in [0.05, 0.1) is 24.9 Å². The zero-order valence-corrected chi connectivity index (χ0v) is 26.1. The molecule has 18 heteroatoms. The standard InChI is InChI=1S/C29H40N12O6/c1-15(4-3-11-33-28(30)31)37-26(46)20(12-22(43)44)39-21(42)10-5-16(2)36-25(45)17-6-8-18(9-7-17)34-13-19-14-35-24-23(38-19)27(47)41-29(32)40-24/h6-9,14-16,20,34H,3-5,10-13H2,1-2H3,(H,36,45)(H,37,46)(H,39,42)(H,43,44)(H4,30,31,33)(H3,32,35,40,41,47)/t15-,16-,20+/m0/s1. The summed E-state index contributed by atoms with van der Waals surface area (Å²) in [5.74, 6) is -2.81. The number of hydrogen-bond acceptors (Lipinski definition) is 11. The van der Waals surface area contributed by atoms with Crippen molar-refractivity contribution in [1.29, 1.82) is 0 Å². The molecule has 3 aromatic rings. The topological polar surface area (TPSA) is 299 Å². The lowest BCUT2D eigenvalue weighted by Gasteiger charge is -2.21. The smallest absolute Gasteiger partial charge is 0.305 e. The number of fused-ring (bicyclic) bond motifs is 1. The van der Waals surface area contributed by atoms with Crippen LogP contribution in [0, 0.1) is 0 Å². The largest absolute Gasteiger partial charge is 0.481 e. The SMILES string of the molecule is C[C@@H](CCC(=O)N[C@H](CC(=O)O)C(=O)N[C@@H](C)CCCN=C(N)N)NC(=O)c1ccc(NCc2cnc3nc(N)[nH]c(=O)c3n2)cc1. The lowest BCUT2D eigenvalue weighted by atomic mass is 10.1. The first kappa shape index (κ1) is 35.7. The van der Waals surface area contributed by atoms with E-state index in [9.17, 15) is 29.1 Å². The van der Waals surface area contributed by atoms with Crippen LogP contribution < -0.4 is 44.0 Å². The fourth-order valence-electron chi connectivity index (χ4n) is 4.39. The maximum atomic E-state index is 12.8. The minimum Gasteiger partial charge on any atom is -0.481 e. The van der Waals surface area contributed by atoms with Crippen molar-refractivity contribution in [1.82, 2.24) is 35.9 Å². The van der Waals surface area contributed by atoms with E-state index in [2.05, 4.69) is 46.2 Å². The van der Waals surface area contributed by atoms with Crippen LogP contribution in [-0.2, 0) is 20.9 Å². The fourth-order valence-corrected chi connectivity index (χ4v) is 4.39. The molecule has 12 N–H and O–H groups in total. The van der Waals surface area contributed by atoms with Crippen LogP contribution in [0.1, 0.15) is 62.0 Å². The van der Waals surface area contributed by atoms with Crippen LogP contribution in [0.4, 0.5) is 11.6 Å². The number of amides is 3. The van der Waals surface area contributed by atoms with Gasteiger partial charge in [0, 0.05) is 36.3 Å². The van der Waals surface area contributed by atoms with E-state index in [0.717, 1.165) is 0 Å². The zero-order chi connectivity index (χ0) is 34.5. The molecule has 0 bridgehead atoms. The van der Waals surface area contributed by atoms with Gasteiger partial charge in [-0.05, 0) is 57.4 Å². The molecule has 0 aliphatic rings. The Morgan fingerprint density at radius 2 is 1.70 bits per heavy atom. The molecule has 0 fully saturated rings. The first-order valence-electron chi connectivity index (χ1n) is 14.8. The summed E-state index contributed by atoms with van der Waals surface area (Å²) >= 11 is 0. The lowest BCUT2D eigenvalue weighted by molar-refractivity contribution is -0.140. The Hall–Kier alpha value is -5.81. The molecule has 18 nitrogen and oxygen atoms in total. The molecule has 2 aromatic heterocycles. The molecule has 252 valence electrons. The van der Waals surface area contributed by atoms with Crippen molar-refractivity contribution in [2.24, 2.45) is 16.5 Å². The number of aliphatic carboxylic acids is 1. The molecular weight excluding hydrogens is 612 g/mol. The van der Waals surface area contributed by atoms with Gasteiger partial charge in [-0.2, -0.15) is 4.98 Å². The van der Waals surface area contributed by atoms with Crippen molar-refractivity contribution in [3.63, 3.8) is 0 Å². The van der Waals surface area contributed by atoms with E-state index in [1.54, 1.807) is 38.1 Å². The Balaban J connectivity index is 1.44. The summed E-state index contributed by atoms with van der Waals surface area (Å²) in [6, 6.07) is 4.69. The monoisotopic (exact) mass is 652 g/mol. The molecule has 3 rings (SSSR count). The van der Waals surface area contributed by atoms with Crippen LogP contribution in [0.2, 0.25) is 0 Å². The fraction of sp³-hybridized carbons (Fsp3) is 0.414. The predicted octanol–water partition coefficient (Wildman–Crippen LogP) is -0.676. The molecule has 3 amide bonds. The van der Waals surface area contributed by atoms with E-state index in [0.29, 0.717) is 36.3 Å².